The van der Waals surface area contributed by atoms with Crippen LogP contribution < -0.4 is 4.74 Å². The number of ether oxygens (including phenoxy) is 1. The minimum absolute atomic E-state index is 0.0621. The van der Waals surface area contributed by atoms with Crippen molar-refractivity contribution in [3.05, 3.63) is 23.8 Å². The van der Waals surface area contributed by atoms with Gasteiger partial charge < -0.3 is 4.74 Å². The molecule has 8 heteroatoms. The first-order chi connectivity index (χ1) is 11.8. The molecule has 1 saturated carbocycles. The number of benzene rings is 1. The molecule has 0 aromatic heterocycles. The second kappa shape index (κ2) is 6.89. The van der Waals surface area contributed by atoms with Gasteiger partial charge in [0.15, 0.2) is 9.84 Å². The van der Waals surface area contributed by atoms with Crippen molar-refractivity contribution in [2.24, 2.45) is 0 Å². The van der Waals surface area contributed by atoms with Gasteiger partial charge in [0.25, 0.3) is 0 Å². The zero-order valence-electron chi connectivity index (χ0n) is 14.6. The molecule has 0 bridgehead atoms. The van der Waals surface area contributed by atoms with Gasteiger partial charge in [-0.15, -0.1) is 0 Å². The van der Waals surface area contributed by atoms with Crippen LogP contribution in [0.4, 0.5) is 0 Å². The highest BCUT2D eigenvalue weighted by molar-refractivity contribution is 7.93. The Morgan fingerprint density at radius 2 is 1.64 bits per heavy atom. The van der Waals surface area contributed by atoms with Crippen LogP contribution in [0.25, 0.3) is 0 Å². The number of hydrogen-bond donors (Lipinski definition) is 0. The Hall–Kier alpha value is -1.12. The average molecular weight is 388 g/mol. The fourth-order valence-electron chi connectivity index (χ4n) is 3.65. The van der Waals surface area contributed by atoms with Gasteiger partial charge in [-0.3, -0.25) is 0 Å². The Balaban J connectivity index is 1.73. The van der Waals surface area contributed by atoms with Crippen LogP contribution in [0.15, 0.2) is 23.1 Å². The van der Waals surface area contributed by atoms with Crippen LogP contribution >= 0.6 is 0 Å². The molecule has 1 aliphatic heterocycles. The standard InChI is InChI=1S/C17H25NO5S2/c1-13-10-14(23-2)8-9-17(13)25(21,22)18-11-16(12-18)24(19,20)15-6-4-3-5-7-15/h8-10,15-16H,3-7,11-12H2,1-2H3. The van der Waals surface area contributed by atoms with Crippen molar-refractivity contribution in [3.63, 3.8) is 0 Å². The van der Waals surface area contributed by atoms with E-state index in [-0.39, 0.29) is 23.2 Å². The number of sulfone groups is 1. The second-order valence-corrected chi connectivity index (χ2v) is 11.3. The van der Waals surface area contributed by atoms with E-state index in [1.807, 2.05) is 0 Å². The van der Waals surface area contributed by atoms with E-state index < -0.39 is 25.1 Å². The fraction of sp³-hybridized carbons (Fsp3) is 0.647. The predicted octanol–water partition coefficient (Wildman–Crippen LogP) is 2.12. The maximum Gasteiger partial charge on any atom is 0.243 e. The van der Waals surface area contributed by atoms with Crippen LogP contribution in [0.1, 0.15) is 37.7 Å². The molecule has 1 saturated heterocycles. The quantitative estimate of drug-likeness (QED) is 0.773. The minimum atomic E-state index is -3.67. The van der Waals surface area contributed by atoms with E-state index in [0.29, 0.717) is 24.2 Å². The first-order valence-electron chi connectivity index (χ1n) is 8.64. The van der Waals surface area contributed by atoms with Crippen LogP contribution in [-0.2, 0) is 19.9 Å². The molecule has 1 aromatic carbocycles. The number of aryl methyl sites for hydroxylation is 1. The van der Waals surface area contributed by atoms with Crippen LogP contribution in [-0.4, -0.2) is 51.8 Å². The second-order valence-electron chi connectivity index (χ2n) is 6.92. The molecule has 0 radical (unpaired) electrons. The lowest BCUT2D eigenvalue weighted by atomic mass is 10.0. The molecule has 6 nitrogen and oxygen atoms in total. The zero-order valence-corrected chi connectivity index (χ0v) is 16.3. The van der Waals surface area contributed by atoms with Gasteiger partial charge >= 0.3 is 0 Å². The molecule has 0 atom stereocenters. The SMILES string of the molecule is COc1ccc(S(=O)(=O)N2CC(S(=O)(=O)C3CCCCC3)C2)c(C)c1. The summed E-state index contributed by atoms with van der Waals surface area (Å²) in [7, 11) is -5.39. The van der Waals surface area contributed by atoms with Gasteiger partial charge in [-0.1, -0.05) is 19.3 Å². The maximum atomic E-state index is 12.8. The van der Waals surface area contributed by atoms with E-state index in [1.54, 1.807) is 19.1 Å². The molecule has 2 fully saturated rings. The molecule has 0 unspecified atom stereocenters. The molecule has 3 rings (SSSR count). The number of hydrogen-bond acceptors (Lipinski definition) is 5. The highest BCUT2D eigenvalue weighted by atomic mass is 32.2. The molecule has 0 spiro atoms. The third-order valence-electron chi connectivity index (χ3n) is 5.30. The van der Waals surface area contributed by atoms with Crippen LogP contribution in [0.5, 0.6) is 5.75 Å². The summed E-state index contributed by atoms with van der Waals surface area (Å²) in [5, 5.41) is -0.859. The van der Waals surface area contributed by atoms with Crippen LogP contribution in [0.3, 0.4) is 0 Å². The van der Waals surface area contributed by atoms with Gasteiger partial charge in [0.05, 0.1) is 22.5 Å². The number of sulfonamides is 1. The van der Waals surface area contributed by atoms with Crippen LogP contribution in [0, 0.1) is 6.92 Å². The molecular formula is C17H25NO5S2. The number of rotatable bonds is 5. The van der Waals surface area contributed by atoms with E-state index in [4.69, 9.17) is 4.74 Å². The summed E-state index contributed by atoms with van der Waals surface area (Å²) in [6.45, 7) is 1.84. The Labute approximate surface area is 150 Å². The average Bonchev–Trinajstić information content (AvgIpc) is 2.53. The van der Waals surface area contributed by atoms with Crippen molar-refractivity contribution in [2.45, 2.75) is 54.4 Å². The van der Waals surface area contributed by atoms with Crippen LogP contribution in [0.2, 0.25) is 0 Å². The molecule has 0 amide bonds. The molecule has 1 aromatic rings. The largest absolute Gasteiger partial charge is 0.497 e. The van der Waals surface area contributed by atoms with Gasteiger partial charge in [0.2, 0.25) is 10.0 Å². The first-order valence-corrected chi connectivity index (χ1v) is 11.7. The summed E-state index contributed by atoms with van der Waals surface area (Å²) in [5.74, 6) is 0.595. The molecule has 2 aliphatic rings. The number of methoxy groups -OCH3 is 1. The third kappa shape index (κ3) is 3.44. The lowest BCUT2D eigenvalue weighted by molar-refractivity contribution is 0.306. The zero-order chi connectivity index (χ0) is 18.2. The smallest absolute Gasteiger partial charge is 0.243 e. The van der Waals surface area contributed by atoms with Gasteiger partial charge in [-0.05, 0) is 43.5 Å². The van der Waals surface area contributed by atoms with Gasteiger partial charge in [0.1, 0.15) is 5.75 Å². The molecular weight excluding hydrogens is 362 g/mol. The van der Waals surface area contributed by atoms with Gasteiger partial charge in [-0.2, -0.15) is 4.31 Å². The van der Waals surface area contributed by atoms with Crippen molar-refractivity contribution in [1.82, 2.24) is 4.31 Å². The van der Waals surface area contributed by atoms with E-state index in [9.17, 15) is 16.8 Å². The summed E-state index contributed by atoms with van der Waals surface area (Å²) < 4.78 is 57.3. The molecule has 140 valence electrons. The van der Waals surface area contributed by atoms with Crippen molar-refractivity contribution < 1.29 is 21.6 Å². The summed E-state index contributed by atoms with van der Waals surface area (Å²) in [5.41, 5.74) is 0.595. The number of nitrogens with zero attached hydrogens (tertiary/aromatic N) is 1. The monoisotopic (exact) mass is 387 g/mol. The third-order valence-corrected chi connectivity index (χ3v) is 9.92. The normalized spacial score (nSPS) is 21.0. The summed E-state index contributed by atoms with van der Waals surface area (Å²) in [6, 6.07) is 4.80. The topological polar surface area (TPSA) is 80.8 Å². The van der Waals surface area contributed by atoms with E-state index >= 15 is 0 Å². The highest BCUT2D eigenvalue weighted by Gasteiger charge is 2.46. The van der Waals surface area contributed by atoms with E-state index in [0.717, 1.165) is 19.3 Å². The van der Waals surface area contributed by atoms with Gasteiger partial charge in [-0.25, -0.2) is 16.8 Å². The van der Waals surface area contributed by atoms with Gasteiger partial charge in [0, 0.05) is 13.1 Å². The lowest BCUT2D eigenvalue weighted by Crippen LogP contribution is -2.58. The lowest BCUT2D eigenvalue weighted by Gasteiger charge is -2.40. The van der Waals surface area contributed by atoms with Crippen molar-refractivity contribution >= 4 is 19.9 Å². The Morgan fingerprint density at radius 1 is 1.00 bits per heavy atom. The molecule has 1 aliphatic carbocycles. The van der Waals surface area contributed by atoms with E-state index in [1.165, 1.54) is 17.5 Å². The predicted molar refractivity (Wildman–Crippen MR) is 96.1 cm³/mol. The van der Waals surface area contributed by atoms with Crippen molar-refractivity contribution in [3.8, 4) is 5.75 Å². The fourth-order valence-corrected chi connectivity index (χ4v) is 7.88. The Morgan fingerprint density at radius 3 is 2.20 bits per heavy atom. The summed E-state index contributed by atoms with van der Waals surface area (Å²) in [6.07, 6.45) is 4.41. The molecule has 1 heterocycles. The summed E-state index contributed by atoms with van der Waals surface area (Å²) >= 11 is 0. The highest BCUT2D eigenvalue weighted by Crippen LogP contribution is 2.33. The minimum Gasteiger partial charge on any atom is -0.497 e. The Bertz CT molecular complexity index is 836. The summed E-state index contributed by atoms with van der Waals surface area (Å²) in [4.78, 5) is 0.210. The first kappa shape index (κ1) is 18.7. The Kier molecular flexibility index (Phi) is 5.14. The van der Waals surface area contributed by atoms with Crippen molar-refractivity contribution in [1.29, 1.82) is 0 Å². The van der Waals surface area contributed by atoms with E-state index in [2.05, 4.69) is 0 Å². The molecule has 25 heavy (non-hydrogen) atoms. The maximum absolute atomic E-state index is 12.8. The molecule has 0 N–H and O–H groups in total. The van der Waals surface area contributed by atoms with Crippen molar-refractivity contribution in [2.75, 3.05) is 20.2 Å².